The molecule has 1 aromatic carbocycles. The molecule has 0 saturated heterocycles. The van der Waals surface area contributed by atoms with E-state index >= 15 is 0 Å². The first-order valence-corrected chi connectivity index (χ1v) is 7.21. The number of nitrogens with one attached hydrogen (secondary N) is 1. The topological polar surface area (TPSA) is 55.1 Å². The summed E-state index contributed by atoms with van der Waals surface area (Å²) in [5, 5.41) is 2.90. The minimum absolute atomic E-state index is 0. The molecule has 1 amide bonds. The minimum Gasteiger partial charge on any atom is -0.350 e. The number of hydrogen-bond acceptors (Lipinski definition) is 2. The predicted octanol–water partition coefficient (Wildman–Crippen LogP) is 3.20. The van der Waals surface area contributed by atoms with Crippen molar-refractivity contribution >= 4 is 18.3 Å². The van der Waals surface area contributed by atoms with Crippen molar-refractivity contribution in [3.8, 4) is 0 Å². The zero-order chi connectivity index (χ0) is 16.0. The second-order valence-electron chi connectivity index (χ2n) is 6.15. The second kappa shape index (κ2) is 9.06. The van der Waals surface area contributed by atoms with E-state index in [2.05, 4.69) is 19.2 Å². The number of amides is 1. The Bertz CT molecular complexity index is 497. The lowest BCUT2D eigenvalue weighted by Gasteiger charge is -2.31. The fraction of sp³-hybridized carbons (Fsp3) is 0.562. The molecule has 1 unspecified atom stereocenters. The molecule has 3 nitrogen and oxygen atoms in total. The van der Waals surface area contributed by atoms with Crippen LogP contribution in [0.25, 0.3) is 0 Å². The Morgan fingerprint density at radius 3 is 2.55 bits per heavy atom. The van der Waals surface area contributed by atoms with Gasteiger partial charge >= 0.3 is 0 Å². The van der Waals surface area contributed by atoms with E-state index in [0.29, 0.717) is 12.5 Å². The van der Waals surface area contributed by atoms with Gasteiger partial charge in [0.05, 0.1) is 0 Å². The Balaban J connectivity index is 0.00000441. The van der Waals surface area contributed by atoms with Crippen molar-refractivity contribution < 1.29 is 13.6 Å². The van der Waals surface area contributed by atoms with E-state index in [-0.39, 0.29) is 36.7 Å². The van der Waals surface area contributed by atoms with Gasteiger partial charge in [0, 0.05) is 18.5 Å². The molecule has 3 N–H and O–H groups in total. The molecule has 0 aliphatic carbocycles. The van der Waals surface area contributed by atoms with E-state index in [1.807, 2.05) is 6.92 Å². The van der Waals surface area contributed by atoms with Crippen LogP contribution in [0.4, 0.5) is 8.78 Å². The second-order valence-corrected chi connectivity index (χ2v) is 6.15. The Morgan fingerprint density at radius 2 is 2.00 bits per heavy atom. The van der Waals surface area contributed by atoms with Crippen molar-refractivity contribution in [1.29, 1.82) is 0 Å². The fourth-order valence-corrected chi connectivity index (χ4v) is 2.47. The van der Waals surface area contributed by atoms with Gasteiger partial charge in [-0.05, 0) is 49.4 Å². The lowest BCUT2D eigenvalue weighted by atomic mass is 9.90. The van der Waals surface area contributed by atoms with Crippen molar-refractivity contribution in [2.75, 3.05) is 6.54 Å². The maximum Gasteiger partial charge on any atom is 0.220 e. The Kier molecular flexibility index (Phi) is 8.56. The highest BCUT2D eigenvalue weighted by Crippen LogP contribution is 2.16. The number of halogens is 3. The summed E-state index contributed by atoms with van der Waals surface area (Å²) in [7, 11) is 0. The van der Waals surface area contributed by atoms with Gasteiger partial charge in [0.2, 0.25) is 5.91 Å². The highest BCUT2D eigenvalue weighted by Gasteiger charge is 2.25. The molecule has 1 atom stereocenters. The van der Waals surface area contributed by atoms with Crippen LogP contribution in [0.1, 0.15) is 39.2 Å². The van der Waals surface area contributed by atoms with Gasteiger partial charge < -0.3 is 11.1 Å². The summed E-state index contributed by atoms with van der Waals surface area (Å²) in [6.45, 7) is 6.35. The van der Waals surface area contributed by atoms with Crippen molar-refractivity contribution in [2.24, 2.45) is 11.7 Å². The number of hydrogen-bond donors (Lipinski definition) is 2. The zero-order valence-corrected chi connectivity index (χ0v) is 14.1. The first-order chi connectivity index (χ1) is 9.75. The molecular weight excluding hydrogens is 310 g/mol. The van der Waals surface area contributed by atoms with Crippen molar-refractivity contribution in [3.05, 3.63) is 35.4 Å². The first kappa shape index (κ1) is 20.8. The van der Waals surface area contributed by atoms with Gasteiger partial charge in [0.1, 0.15) is 11.6 Å². The monoisotopic (exact) mass is 334 g/mol. The summed E-state index contributed by atoms with van der Waals surface area (Å²) in [5.74, 6) is -0.793. The number of benzene rings is 1. The van der Waals surface area contributed by atoms with Crippen LogP contribution < -0.4 is 11.1 Å². The van der Waals surface area contributed by atoms with E-state index in [9.17, 15) is 13.6 Å². The molecule has 0 heterocycles. The highest BCUT2D eigenvalue weighted by atomic mass is 35.5. The minimum atomic E-state index is -0.501. The number of nitrogens with two attached hydrogens (primary N) is 1. The van der Waals surface area contributed by atoms with Gasteiger partial charge in [0.25, 0.3) is 0 Å². The zero-order valence-electron chi connectivity index (χ0n) is 13.3. The third-order valence-electron chi connectivity index (χ3n) is 3.38. The van der Waals surface area contributed by atoms with Gasteiger partial charge in [-0.25, -0.2) is 8.78 Å². The number of rotatable bonds is 7. The number of carbonyl (C=O) groups excluding carboxylic acids is 1. The molecule has 22 heavy (non-hydrogen) atoms. The fourth-order valence-electron chi connectivity index (χ4n) is 2.47. The van der Waals surface area contributed by atoms with Crippen LogP contribution in [0.5, 0.6) is 0 Å². The third-order valence-corrected chi connectivity index (χ3v) is 3.38. The molecular formula is C16H25ClF2N2O. The molecule has 0 aliphatic rings. The maximum absolute atomic E-state index is 13.5. The summed E-state index contributed by atoms with van der Waals surface area (Å²) in [6.07, 6.45) is 1.04. The maximum atomic E-state index is 13.5. The molecule has 0 spiro atoms. The van der Waals surface area contributed by atoms with E-state index in [4.69, 9.17) is 5.73 Å². The molecule has 0 aromatic heterocycles. The Labute approximate surface area is 137 Å². The average Bonchev–Trinajstić information content (AvgIpc) is 2.39. The van der Waals surface area contributed by atoms with Gasteiger partial charge in [-0.1, -0.05) is 13.8 Å². The van der Waals surface area contributed by atoms with Crippen LogP contribution in [0.3, 0.4) is 0 Å². The van der Waals surface area contributed by atoms with Gasteiger partial charge in [0.15, 0.2) is 0 Å². The van der Waals surface area contributed by atoms with Crippen LogP contribution in [-0.2, 0) is 11.2 Å². The lowest BCUT2D eigenvalue weighted by Crippen LogP contribution is -2.52. The highest BCUT2D eigenvalue weighted by molar-refractivity contribution is 5.85. The molecule has 1 rings (SSSR count). The van der Waals surface area contributed by atoms with Crippen LogP contribution in [0.15, 0.2) is 18.2 Å². The predicted molar refractivity (Wildman–Crippen MR) is 87.0 cm³/mol. The summed E-state index contributed by atoms with van der Waals surface area (Å²) in [5.41, 5.74) is 5.48. The van der Waals surface area contributed by atoms with E-state index in [1.54, 1.807) is 0 Å². The molecule has 126 valence electrons. The standard InChI is InChI=1S/C16H24F2N2O.ClH/c1-11(2)9-16(3,10-19)20-15(21)7-4-12-8-13(17)5-6-14(12)18;/h5-6,8,11H,4,7,9-10,19H2,1-3H3,(H,20,21);1H. The van der Waals surface area contributed by atoms with Gasteiger partial charge in [-0.15, -0.1) is 12.4 Å². The molecule has 0 bridgehead atoms. The Morgan fingerprint density at radius 1 is 1.36 bits per heavy atom. The summed E-state index contributed by atoms with van der Waals surface area (Å²) >= 11 is 0. The quantitative estimate of drug-likeness (QED) is 0.804. The van der Waals surface area contributed by atoms with Crippen molar-refractivity contribution in [2.45, 2.75) is 45.6 Å². The molecule has 0 aliphatic heterocycles. The smallest absolute Gasteiger partial charge is 0.220 e. The molecule has 0 radical (unpaired) electrons. The van der Waals surface area contributed by atoms with E-state index in [1.165, 1.54) is 0 Å². The SMILES string of the molecule is CC(C)CC(C)(CN)NC(=O)CCc1cc(F)ccc1F.Cl. The Hall–Kier alpha value is -1.20. The van der Waals surface area contributed by atoms with E-state index in [0.717, 1.165) is 24.6 Å². The van der Waals surface area contributed by atoms with Crippen molar-refractivity contribution in [3.63, 3.8) is 0 Å². The normalized spacial score (nSPS) is 13.4. The molecule has 0 saturated carbocycles. The lowest BCUT2D eigenvalue weighted by molar-refractivity contribution is -0.122. The van der Waals surface area contributed by atoms with Crippen LogP contribution in [-0.4, -0.2) is 18.0 Å². The number of aryl methyl sites for hydroxylation is 1. The summed E-state index contributed by atoms with van der Waals surface area (Å²) in [4.78, 5) is 12.0. The summed E-state index contributed by atoms with van der Waals surface area (Å²) < 4.78 is 26.5. The average molecular weight is 335 g/mol. The first-order valence-electron chi connectivity index (χ1n) is 7.21. The van der Waals surface area contributed by atoms with E-state index < -0.39 is 17.2 Å². The number of carbonyl (C=O) groups is 1. The van der Waals surface area contributed by atoms with Crippen LogP contribution in [0, 0.1) is 17.6 Å². The molecule has 6 heteroatoms. The van der Waals surface area contributed by atoms with Gasteiger partial charge in [-0.3, -0.25) is 4.79 Å². The largest absolute Gasteiger partial charge is 0.350 e. The third kappa shape index (κ3) is 6.71. The van der Waals surface area contributed by atoms with Crippen LogP contribution >= 0.6 is 12.4 Å². The molecule has 1 aromatic rings. The summed E-state index contributed by atoms with van der Waals surface area (Å²) in [6, 6.07) is 3.26. The van der Waals surface area contributed by atoms with Crippen molar-refractivity contribution in [1.82, 2.24) is 5.32 Å². The molecule has 0 fully saturated rings. The van der Waals surface area contributed by atoms with Gasteiger partial charge in [-0.2, -0.15) is 0 Å². The van der Waals surface area contributed by atoms with Crippen LogP contribution in [0.2, 0.25) is 0 Å².